The van der Waals surface area contributed by atoms with Gasteiger partial charge in [-0.15, -0.1) is 0 Å². The topological polar surface area (TPSA) is 55.1 Å². The van der Waals surface area contributed by atoms with Gasteiger partial charge >= 0.3 is 6.18 Å². The van der Waals surface area contributed by atoms with Gasteiger partial charge in [-0.05, 0) is 55.9 Å². The number of rotatable bonds is 4. The normalized spacial score (nSPS) is 13.8. The monoisotopic (exact) mass is 414 g/mol. The average Bonchev–Trinajstić information content (AvgIpc) is 2.73. The number of alkyl halides is 3. The Hall–Kier alpha value is -3.09. The first-order chi connectivity index (χ1) is 14.3. The van der Waals surface area contributed by atoms with E-state index in [0.29, 0.717) is 35.4 Å². The number of aryl methyl sites for hydroxylation is 2. The summed E-state index contributed by atoms with van der Waals surface area (Å²) in [7, 11) is 0. The number of hydrogen-bond acceptors (Lipinski definition) is 3. The molecule has 1 aliphatic carbocycles. The third-order valence-electron chi connectivity index (χ3n) is 5.46. The molecule has 156 valence electrons. The van der Waals surface area contributed by atoms with Crippen LogP contribution in [0.15, 0.2) is 53.3 Å². The molecule has 0 saturated heterocycles. The SMILES string of the molecule is O=c1c2c(nc(-c3ccccc3O)n1CCc1cccc(C(F)(F)F)c1)CCCC2. The number of benzene rings is 2. The molecular weight excluding hydrogens is 393 g/mol. The number of phenolic OH excluding ortho intramolecular Hbond substituents is 1. The number of aromatic hydroxyl groups is 1. The number of aromatic nitrogens is 2. The van der Waals surface area contributed by atoms with Crippen molar-refractivity contribution in [3.8, 4) is 17.1 Å². The first-order valence-corrected chi connectivity index (χ1v) is 9.91. The van der Waals surface area contributed by atoms with Gasteiger partial charge in [-0.1, -0.05) is 30.3 Å². The summed E-state index contributed by atoms with van der Waals surface area (Å²) in [5.41, 5.74) is 1.45. The molecule has 4 rings (SSSR count). The number of phenols is 1. The van der Waals surface area contributed by atoms with Crippen molar-refractivity contribution < 1.29 is 18.3 Å². The molecule has 0 fully saturated rings. The van der Waals surface area contributed by atoms with Crippen molar-refractivity contribution in [1.29, 1.82) is 0 Å². The van der Waals surface area contributed by atoms with E-state index in [1.165, 1.54) is 16.7 Å². The first kappa shape index (κ1) is 20.2. The smallest absolute Gasteiger partial charge is 0.416 e. The van der Waals surface area contributed by atoms with Crippen molar-refractivity contribution in [3.63, 3.8) is 0 Å². The van der Waals surface area contributed by atoms with Gasteiger partial charge in [0.2, 0.25) is 0 Å². The lowest BCUT2D eigenvalue weighted by Crippen LogP contribution is -2.31. The molecule has 3 aromatic rings. The predicted molar refractivity (Wildman–Crippen MR) is 107 cm³/mol. The molecule has 0 atom stereocenters. The number of para-hydroxylation sites is 1. The Kier molecular flexibility index (Phi) is 5.37. The second kappa shape index (κ2) is 7.97. The summed E-state index contributed by atoms with van der Waals surface area (Å²) < 4.78 is 40.5. The van der Waals surface area contributed by atoms with Crippen LogP contribution in [0.3, 0.4) is 0 Å². The maximum atomic E-state index is 13.2. The standard InChI is InChI=1S/C23H21F3N2O2/c24-23(25,26)16-7-5-6-15(14-16)12-13-28-21(18-9-2-4-11-20(18)29)27-19-10-3-1-8-17(19)22(28)30/h2,4-7,9,11,14,29H,1,3,8,10,12-13H2. The Morgan fingerprint density at radius 2 is 1.80 bits per heavy atom. The van der Waals surface area contributed by atoms with E-state index in [4.69, 9.17) is 4.98 Å². The molecule has 1 heterocycles. The van der Waals surface area contributed by atoms with Gasteiger partial charge in [0, 0.05) is 12.1 Å². The summed E-state index contributed by atoms with van der Waals surface area (Å²) in [4.78, 5) is 17.9. The zero-order valence-electron chi connectivity index (χ0n) is 16.2. The van der Waals surface area contributed by atoms with Gasteiger partial charge in [0.05, 0.1) is 16.8 Å². The molecule has 1 aliphatic rings. The summed E-state index contributed by atoms with van der Waals surface area (Å²) in [6, 6.07) is 11.8. The Morgan fingerprint density at radius 1 is 1.03 bits per heavy atom. The molecule has 0 aliphatic heterocycles. The third kappa shape index (κ3) is 3.97. The van der Waals surface area contributed by atoms with Crippen LogP contribution in [0.5, 0.6) is 5.75 Å². The van der Waals surface area contributed by atoms with Gasteiger partial charge in [-0.2, -0.15) is 13.2 Å². The van der Waals surface area contributed by atoms with Crippen molar-refractivity contribution in [3.05, 3.63) is 81.3 Å². The quantitative estimate of drug-likeness (QED) is 0.670. The highest BCUT2D eigenvalue weighted by atomic mass is 19.4. The second-order valence-corrected chi connectivity index (χ2v) is 7.49. The minimum Gasteiger partial charge on any atom is -0.507 e. The van der Waals surface area contributed by atoms with Gasteiger partial charge < -0.3 is 5.11 Å². The Balaban J connectivity index is 1.76. The highest BCUT2D eigenvalue weighted by Crippen LogP contribution is 2.31. The fraction of sp³-hybridized carbons (Fsp3) is 0.304. The lowest BCUT2D eigenvalue weighted by Gasteiger charge is -2.20. The van der Waals surface area contributed by atoms with Crippen molar-refractivity contribution in [1.82, 2.24) is 9.55 Å². The molecule has 0 unspecified atom stereocenters. The Bertz CT molecular complexity index is 1140. The van der Waals surface area contributed by atoms with E-state index in [1.807, 2.05) is 0 Å². The first-order valence-electron chi connectivity index (χ1n) is 9.91. The molecule has 30 heavy (non-hydrogen) atoms. The summed E-state index contributed by atoms with van der Waals surface area (Å²) in [6.45, 7) is 0.171. The maximum Gasteiger partial charge on any atom is 0.416 e. The van der Waals surface area contributed by atoms with Gasteiger partial charge in [-0.25, -0.2) is 4.98 Å². The third-order valence-corrected chi connectivity index (χ3v) is 5.46. The van der Waals surface area contributed by atoms with Crippen LogP contribution < -0.4 is 5.56 Å². The molecule has 4 nitrogen and oxygen atoms in total. The molecule has 0 bridgehead atoms. The van der Waals surface area contributed by atoms with Crippen molar-refractivity contribution in [2.75, 3.05) is 0 Å². The maximum absolute atomic E-state index is 13.2. The van der Waals surface area contributed by atoms with E-state index in [9.17, 15) is 23.1 Å². The molecule has 0 spiro atoms. The van der Waals surface area contributed by atoms with Crippen molar-refractivity contribution >= 4 is 0 Å². The molecule has 0 radical (unpaired) electrons. The van der Waals surface area contributed by atoms with Crippen LogP contribution in [0.4, 0.5) is 13.2 Å². The van der Waals surface area contributed by atoms with Crippen molar-refractivity contribution in [2.24, 2.45) is 0 Å². The van der Waals surface area contributed by atoms with Crippen LogP contribution >= 0.6 is 0 Å². The lowest BCUT2D eigenvalue weighted by atomic mass is 9.96. The highest BCUT2D eigenvalue weighted by molar-refractivity contribution is 5.64. The van der Waals surface area contributed by atoms with Gasteiger partial charge in [0.1, 0.15) is 11.6 Å². The minimum absolute atomic E-state index is 0.00739. The minimum atomic E-state index is -4.42. The molecule has 0 saturated carbocycles. The van der Waals surface area contributed by atoms with Crippen LogP contribution in [-0.2, 0) is 32.0 Å². The van der Waals surface area contributed by atoms with Crippen molar-refractivity contribution in [2.45, 2.75) is 44.8 Å². The van der Waals surface area contributed by atoms with Gasteiger partial charge in [0.15, 0.2) is 0 Å². The van der Waals surface area contributed by atoms with E-state index < -0.39 is 11.7 Å². The highest BCUT2D eigenvalue weighted by Gasteiger charge is 2.30. The zero-order chi connectivity index (χ0) is 21.3. The molecule has 1 N–H and O–H groups in total. The Morgan fingerprint density at radius 3 is 2.57 bits per heavy atom. The second-order valence-electron chi connectivity index (χ2n) is 7.49. The fourth-order valence-electron chi connectivity index (χ4n) is 3.91. The average molecular weight is 414 g/mol. The van der Waals surface area contributed by atoms with Crippen LogP contribution in [0, 0.1) is 0 Å². The number of fused-ring (bicyclic) bond motifs is 1. The molecule has 1 aromatic heterocycles. The number of hydrogen-bond donors (Lipinski definition) is 1. The largest absolute Gasteiger partial charge is 0.507 e. The van der Waals surface area contributed by atoms with E-state index in [1.54, 1.807) is 24.3 Å². The van der Waals surface area contributed by atoms with Gasteiger partial charge in [-0.3, -0.25) is 9.36 Å². The molecular formula is C23H21F3N2O2. The number of halogens is 3. The van der Waals surface area contributed by atoms with Crippen LogP contribution in [0.1, 0.15) is 35.2 Å². The molecule has 7 heteroatoms. The van der Waals surface area contributed by atoms with Crippen LogP contribution in [-0.4, -0.2) is 14.7 Å². The zero-order valence-corrected chi connectivity index (χ0v) is 16.2. The fourth-order valence-corrected chi connectivity index (χ4v) is 3.91. The molecule has 2 aromatic carbocycles. The van der Waals surface area contributed by atoms with E-state index >= 15 is 0 Å². The Labute approximate surface area is 171 Å². The number of nitrogens with zero attached hydrogens (tertiary/aromatic N) is 2. The molecule has 0 amide bonds. The van der Waals surface area contributed by atoms with E-state index in [0.717, 1.165) is 30.7 Å². The van der Waals surface area contributed by atoms with E-state index in [2.05, 4.69) is 0 Å². The van der Waals surface area contributed by atoms with Crippen LogP contribution in [0.2, 0.25) is 0 Å². The van der Waals surface area contributed by atoms with E-state index in [-0.39, 0.29) is 24.3 Å². The lowest BCUT2D eigenvalue weighted by molar-refractivity contribution is -0.137. The summed E-state index contributed by atoms with van der Waals surface area (Å²) >= 11 is 0. The summed E-state index contributed by atoms with van der Waals surface area (Å²) in [5.74, 6) is 0.360. The van der Waals surface area contributed by atoms with Gasteiger partial charge in [0.25, 0.3) is 5.56 Å². The summed E-state index contributed by atoms with van der Waals surface area (Å²) in [6.07, 6.45) is -0.959. The van der Waals surface area contributed by atoms with Crippen LogP contribution in [0.25, 0.3) is 11.4 Å². The summed E-state index contributed by atoms with van der Waals surface area (Å²) in [5, 5.41) is 10.3. The predicted octanol–water partition coefficient (Wildman–Crippen LogP) is 4.76.